The molecule has 0 heterocycles. The molecule has 0 aliphatic carbocycles. The predicted molar refractivity (Wildman–Crippen MR) is 44.9 cm³/mol. The Morgan fingerprint density at radius 2 is 1.58 bits per heavy atom. The van der Waals surface area contributed by atoms with Gasteiger partial charge >= 0.3 is 6.48 Å². The van der Waals surface area contributed by atoms with Crippen LogP contribution in [0.2, 0.25) is 0 Å². The standard InChI is InChI=1S/C9H12O3/c1-10-9(11-2)12-8-6-4-3-5-7-8/h3-7,9H,1-2H3. The van der Waals surface area contributed by atoms with Gasteiger partial charge in [-0.15, -0.1) is 0 Å². The van der Waals surface area contributed by atoms with Gasteiger partial charge in [0.15, 0.2) is 0 Å². The molecule has 0 spiro atoms. The summed E-state index contributed by atoms with van der Waals surface area (Å²) in [5.74, 6) is 0.728. The number of benzene rings is 1. The van der Waals surface area contributed by atoms with E-state index in [9.17, 15) is 0 Å². The summed E-state index contributed by atoms with van der Waals surface area (Å²) >= 11 is 0. The Morgan fingerprint density at radius 1 is 1.00 bits per heavy atom. The van der Waals surface area contributed by atoms with Crippen LogP contribution in [0, 0.1) is 0 Å². The fraction of sp³-hybridized carbons (Fsp3) is 0.333. The van der Waals surface area contributed by atoms with Crippen molar-refractivity contribution in [1.82, 2.24) is 0 Å². The molecule has 0 atom stereocenters. The number of para-hydroxylation sites is 1. The molecule has 0 bridgehead atoms. The molecule has 0 aromatic heterocycles. The van der Waals surface area contributed by atoms with E-state index in [1.807, 2.05) is 30.3 Å². The van der Waals surface area contributed by atoms with E-state index < -0.39 is 6.48 Å². The predicted octanol–water partition coefficient (Wildman–Crippen LogP) is 1.64. The molecule has 0 aliphatic rings. The third kappa shape index (κ3) is 2.53. The van der Waals surface area contributed by atoms with Crippen molar-refractivity contribution in [3.63, 3.8) is 0 Å². The highest BCUT2D eigenvalue weighted by molar-refractivity contribution is 5.20. The second-order valence-electron chi connectivity index (χ2n) is 2.19. The molecule has 12 heavy (non-hydrogen) atoms. The van der Waals surface area contributed by atoms with Gasteiger partial charge < -0.3 is 14.2 Å². The van der Waals surface area contributed by atoms with Crippen molar-refractivity contribution < 1.29 is 14.2 Å². The van der Waals surface area contributed by atoms with E-state index in [1.54, 1.807) is 0 Å². The van der Waals surface area contributed by atoms with Gasteiger partial charge in [0, 0.05) is 14.2 Å². The topological polar surface area (TPSA) is 27.7 Å². The lowest BCUT2D eigenvalue weighted by Gasteiger charge is -2.14. The summed E-state index contributed by atoms with van der Waals surface area (Å²) in [6, 6.07) is 9.37. The van der Waals surface area contributed by atoms with Crippen molar-refractivity contribution in [2.24, 2.45) is 0 Å². The summed E-state index contributed by atoms with van der Waals surface area (Å²) < 4.78 is 15.0. The minimum Gasteiger partial charge on any atom is -0.441 e. The van der Waals surface area contributed by atoms with Gasteiger partial charge in [0.25, 0.3) is 0 Å². The third-order valence-electron chi connectivity index (χ3n) is 1.36. The molecule has 0 saturated carbocycles. The van der Waals surface area contributed by atoms with E-state index in [1.165, 1.54) is 14.2 Å². The van der Waals surface area contributed by atoms with Gasteiger partial charge in [0.2, 0.25) is 0 Å². The van der Waals surface area contributed by atoms with E-state index in [-0.39, 0.29) is 0 Å². The lowest BCUT2D eigenvalue weighted by atomic mass is 10.3. The minimum absolute atomic E-state index is 0.632. The van der Waals surface area contributed by atoms with Crippen molar-refractivity contribution in [2.45, 2.75) is 6.48 Å². The Bertz CT molecular complexity index is 206. The number of hydrogen-bond donors (Lipinski definition) is 0. The number of rotatable bonds is 4. The highest BCUT2D eigenvalue weighted by Crippen LogP contribution is 2.10. The van der Waals surface area contributed by atoms with Crippen LogP contribution < -0.4 is 4.74 Å². The average Bonchev–Trinajstić information content (AvgIpc) is 2.16. The number of hydrogen-bond acceptors (Lipinski definition) is 3. The molecule has 0 aliphatic heterocycles. The molecule has 0 N–H and O–H groups in total. The molecular formula is C9H12O3. The van der Waals surface area contributed by atoms with Crippen molar-refractivity contribution in [3.8, 4) is 5.75 Å². The summed E-state index contributed by atoms with van der Waals surface area (Å²) in [6.45, 7) is -0.632. The van der Waals surface area contributed by atoms with Crippen molar-refractivity contribution >= 4 is 0 Å². The summed E-state index contributed by atoms with van der Waals surface area (Å²) in [5.41, 5.74) is 0. The second kappa shape index (κ2) is 4.74. The third-order valence-corrected chi connectivity index (χ3v) is 1.36. The SMILES string of the molecule is COC(OC)Oc1ccccc1. The van der Waals surface area contributed by atoms with Gasteiger partial charge in [0.1, 0.15) is 5.75 Å². The monoisotopic (exact) mass is 168 g/mol. The average molecular weight is 168 g/mol. The summed E-state index contributed by atoms with van der Waals surface area (Å²) in [6.07, 6.45) is 0. The van der Waals surface area contributed by atoms with Crippen LogP contribution >= 0.6 is 0 Å². The van der Waals surface area contributed by atoms with Crippen LogP contribution in [0.4, 0.5) is 0 Å². The fourth-order valence-corrected chi connectivity index (χ4v) is 0.803. The van der Waals surface area contributed by atoms with Crippen molar-refractivity contribution in [2.75, 3.05) is 14.2 Å². The fourth-order valence-electron chi connectivity index (χ4n) is 0.803. The first-order valence-electron chi connectivity index (χ1n) is 3.64. The highest BCUT2D eigenvalue weighted by atomic mass is 16.8. The van der Waals surface area contributed by atoms with Gasteiger partial charge in [-0.2, -0.15) is 0 Å². The molecule has 1 aromatic rings. The first kappa shape index (κ1) is 9.03. The van der Waals surface area contributed by atoms with Crippen LogP contribution in [0.1, 0.15) is 0 Å². The zero-order valence-electron chi connectivity index (χ0n) is 7.19. The maximum absolute atomic E-state index is 5.27. The van der Waals surface area contributed by atoms with Crippen LogP contribution in [0.25, 0.3) is 0 Å². The molecule has 0 radical (unpaired) electrons. The zero-order valence-corrected chi connectivity index (χ0v) is 7.19. The first-order chi connectivity index (χ1) is 5.86. The molecule has 0 saturated heterocycles. The molecule has 0 unspecified atom stereocenters. The number of ether oxygens (including phenoxy) is 3. The molecule has 3 nitrogen and oxygen atoms in total. The van der Waals surface area contributed by atoms with Crippen LogP contribution in [-0.2, 0) is 9.47 Å². The van der Waals surface area contributed by atoms with Gasteiger partial charge in [-0.05, 0) is 12.1 Å². The van der Waals surface area contributed by atoms with Crippen LogP contribution in [0.5, 0.6) is 5.75 Å². The van der Waals surface area contributed by atoms with Gasteiger partial charge in [-0.25, -0.2) is 0 Å². The lowest BCUT2D eigenvalue weighted by molar-refractivity contribution is -0.219. The number of methoxy groups -OCH3 is 2. The second-order valence-corrected chi connectivity index (χ2v) is 2.19. The van der Waals surface area contributed by atoms with Gasteiger partial charge in [-0.3, -0.25) is 0 Å². The molecule has 0 fully saturated rings. The summed E-state index contributed by atoms with van der Waals surface area (Å²) in [7, 11) is 3.05. The van der Waals surface area contributed by atoms with E-state index in [4.69, 9.17) is 14.2 Å². The van der Waals surface area contributed by atoms with E-state index >= 15 is 0 Å². The van der Waals surface area contributed by atoms with Gasteiger partial charge in [-0.1, -0.05) is 18.2 Å². The van der Waals surface area contributed by atoms with Crippen molar-refractivity contribution in [3.05, 3.63) is 30.3 Å². The van der Waals surface area contributed by atoms with Crippen LogP contribution in [0.15, 0.2) is 30.3 Å². The normalized spacial score (nSPS) is 10.2. The molecule has 66 valence electrons. The maximum atomic E-state index is 5.27. The highest BCUT2D eigenvalue weighted by Gasteiger charge is 2.04. The Labute approximate surface area is 71.9 Å². The van der Waals surface area contributed by atoms with E-state index in [0.29, 0.717) is 0 Å². The largest absolute Gasteiger partial charge is 0.441 e. The Morgan fingerprint density at radius 3 is 2.08 bits per heavy atom. The lowest BCUT2D eigenvalue weighted by Crippen LogP contribution is -2.20. The molecule has 0 amide bonds. The molecular weight excluding hydrogens is 156 g/mol. The Balaban J connectivity index is 2.51. The molecule has 1 rings (SSSR count). The summed E-state index contributed by atoms with van der Waals surface area (Å²) in [5, 5.41) is 0. The molecule has 1 aromatic carbocycles. The first-order valence-corrected chi connectivity index (χ1v) is 3.64. The maximum Gasteiger partial charge on any atom is 0.315 e. The quantitative estimate of drug-likeness (QED) is 0.640. The van der Waals surface area contributed by atoms with E-state index in [0.717, 1.165) is 5.75 Å². The van der Waals surface area contributed by atoms with Crippen LogP contribution in [0.3, 0.4) is 0 Å². The Kier molecular flexibility index (Phi) is 3.57. The molecule has 3 heteroatoms. The zero-order chi connectivity index (χ0) is 8.81. The van der Waals surface area contributed by atoms with Gasteiger partial charge in [0.05, 0.1) is 0 Å². The smallest absolute Gasteiger partial charge is 0.315 e. The van der Waals surface area contributed by atoms with E-state index in [2.05, 4.69) is 0 Å². The Hall–Kier alpha value is -1.06. The minimum atomic E-state index is -0.632. The van der Waals surface area contributed by atoms with Crippen LogP contribution in [-0.4, -0.2) is 20.7 Å². The van der Waals surface area contributed by atoms with Crippen molar-refractivity contribution in [1.29, 1.82) is 0 Å². The summed E-state index contributed by atoms with van der Waals surface area (Å²) in [4.78, 5) is 0.